The second-order valence-electron chi connectivity index (χ2n) is 5.81. The molecule has 4 rings (SSSR count). The number of rotatable bonds is 4. The molecule has 0 fully saturated rings. The lowest BCUT2D eigenvalue weighted by Gasteiger charge is -2.06. The first kappa shape index (κ1) is 17.0. The van der Waals surface area contributed by atoms with E-state index in [9.17, 15) is 0 Å². The molecule has 0 saturated heterocycles. The summed E-state index contributed by atoms with van der Waals surface area (Å²) in [7, 11) is 1.67. The van der Waals surface area contributed by atoms with Crippen molar-refractivity contribution in [1.82, 2.24) is 24.7 Å². The molecule has 0 amide bonds. The van der Waals surface area contributed by atoms with Crippen molar-refractivity contribution in [3.63, 3.8) is 0 Å². The van der Waals surface area contributed by atoms with E-state index in [4.69, 9.17) is 9.72 Å². The summed E-state index contributed by atoms with van der Waals surface area (Å²) < 4.78 is 8.52. The van der Waals surface area contributed by atoms with Crippen LogP contribution >= 0.6 is 27.3 Å². The molecular weight excluding hydrogens is 414 g/mol. The summed E-state index contributed by atoms with van der Waals surface area (Å²) in [6.45, 7) is 4.10. The fourth-order valence-corrected chi connectivity index (χ4v) is 4.22. The lowest BCUT2D eigenvalue weighted by molar-refractivity contribution is 0.416. The fraction of sp³-hybridized carbons (Fsp3) is 0.167. The first-order valence-electron chi connectivity index (χ1n) is 7.93. The van der Waals surface area contributed by atoms with E-state index < -0.39 is 0 Å². The Morgan fingerprint density at radius 2 is 2.04 bits per heavy atom. The van der Waals surface area contributed by atoms with Gasteiger partial charge in [0.2, 0.25) is 5.95 Å². The predicted octanol–water partition coefficient (Wildman–Crippen LogP) is 4.77. The Kier molecular flexibility index (Phi) is 4.37. The molecule has 8 heteroatoms. The van der Waals surface area contributed by atoms with Crippen LogP contribution in [0.3, 0.4) is 0 Å². The summed E-state index contributed by atoms with van der Waals surface area (Å²) in [5.41, 5.74) is 5.13. The van der Waals surface area contributed by atoms with Crippen molar-refractivity contribution in [3.8, 4) is 33.5 Å². The standard InChI is InChI=1S/C18H16BrN5OS/c1-10-6-13(11(2)24(10)18-20-9-21-23-18)15-8-26-17(22-15)14-7-12(19)4-5-16(14)25-3/h4-9H,1-3H3,(H,20,21,23). The molecule has 132 valence electrons. The SMILES string of the molecule is COc1ccc(Br)cc1-c1nc(-c2cc(C)n(-c3ncn[nH]3)c2C)cs1. The van der Waals surface area contributed by atoms with Crippen LogP contribution in [-0.4, -0.2) is 31.8 Å². The van der Waals surface area contributed by atoms with Crippen molar-refractivity contribution in [1.29, 1.82) is 0 Å². The van der Waals surface area contributed by atoms with Crippen molar-refractivity contribution in [2.75, 3.05) is 7.11 Å². The maximum absolute atomic E-state index is 5.49. The number of H-pyrrole nitrogens is 1. The molecule has 1 aromatic carbocycles. The number of methoxy groups -OCH3 is 1. The molecule has 3 heterocycles. The minimum absolute atomic E-state index is 0.704. The Morgan fingerprint density at radius 1 is 1.19 bits per heavy atom. The number of aromatic nitrogens is 5. The Hall–Kier alpha value is -2.45. The molecule has 4 aromatic rings. The summed E-state index contributed by atoms with van der Waals surface area (Å²) in [5, 5.41) is 9.85. The van der Waals surface area contributed by atoms with Crippen LogP contribution in [0.15, 0.2) is 40.4 Å². The third-order valence-electron chi connectivity index (χ3n) is 4.22. The second-order valence-corrected chi connectivity index (χ2v) is 7.59. The van der Waals surface area contributed by atoms with Crippen LogP contribution in [0.5, 0.6) is 5.75 Å². The van der Waals surface area contributed by atoms with Crippen LogP contribution in [0.1, 0.15) is 11.4 Å². The van der Waals surface area contributed by atoms with E-state index in [0.717, 1.165) is 43.4 Å². The van der Waals surface area contributed by atoms with Crippen LogP contribution in [0.25, 0.3) is 27.8 Å². The molecule has 0 atom stereocenters. The topological polar surface area (TPSA) is 68.6 Å². The number of aromatic amines is 1. The highest BCUT2D eigenvalue weighted by molar-refractivity contribution is 9.10. The highest BCUT2D eigenvalue weighted by Crippen LogP contribution is 2.37. The van der Waals surface area contributed by atoms with Gasteiger partial charge in [-0.15, -0.1) is 11.3 Å². The van der Waals surface area contributed by atoms with Crippen molar-refractivity contribution < 1.29 is 4.74 Å². The summed E-state index contributed by atoms with van der Waals surface area (Å²) >= 11 is 5.12. The number of halogens is 1. The molecular formula is C18H16BrN5OS. The molecule has 26 heavy (non-hydrogen) atoms. The van der Waals surface area contributed by atoms with Crippen LogP contribution in [0.4, 0.5) is 0 Å². The van der Waals surface area contributed by atoms with Gasteiger partial charge in [-0.05, 0) is 38.1 Å². The van der Waals surface area contributed by atoms with Crippen molar-refractivity contribution in [2.24, 2.45) is 0 Å². The van der Waals surface area contributed by atoms with E-state index in [1.54, 1.807) is 18.4 Å². The van der Waals surface area contributed by atoms with Gasteiger partial charge in [-0.25, -0.2) is 10.1 Å². The van der Waals surface area contributed by atoms with E-state index in [1.165, 1.54) is 6.33 Å². The lowest BCUT2D eigenvalue weighted by atomic mass is 10.2. The number of ether oxygens (including phenoxy) is 1. The molecule has 0 aliphatic carbocycles. The van der Waals surface area contributed by atoms with Gasteiger partial charge in [0, 0.05) is 26.8 Å². The molecule has 0 unspecified atom stereocenters. The predicted molar refractivity (Wildman–Crippen MR) is 106 cm³/mol. The highest BCUT2D eigenvalue weighted by Gasteiger charge is 2.17. The Balaban J connectivity index is 1.79. The molecule has 0 saturated carbocycles. The number of thiazole rings is 1. The van der Waals surface area contributed by atoms with Crippen molar-refractivity contribution >= 4 is 27.3 Å². The smallest absolute Gasteiger partial charge is 0.229 e. The van der Waals surface area contributed by atoms with Gasteiger partial charge in [0.05, 0.1) is 18.4 Å². The Labute approximate surface area is 163 Å². The van der Waals surface area contributed by atoms with Gasteiger partial charge in [0.25, 0.3) is 0 Å². The Morgan fingerprint density at radius 3 is 2.77 bits per heavy atom. The molecule has 1 N–H and O–H groups in total. The zero-order chi connectivity index (χ0) is 18.3. The van der Waals surface area contributed by atoms with Crippen LogP contribution in [-0.2, 0) is 0 Å². The van der Waals surface area contributed by atoms with E-state index in [0.29, 0.717) is 5.95 Å². The molecule has 0 radical (unpaired) electrons. The van der Waals surface area contributed by atoms with Gasteiger partial charge in [0.15, 0.2) is 0 Å². The first-order chi connectivity index (χ1) is 12.6. The molecule has 0 aliphatic rings. The van der Waals surface area contributed by atoms with E-state index in [1.807, 2.05) is 29.7 Å². The third kappa shape index (κ3) is 2.85. The van der Waals surface area contributed by atoms with Crippen LogP contribution < -0.4 is 4.74 Å². The van der Waals surface area contributed by atoms with Crippen molar-refractivity contribution in [2.45, 2.75) is 13.8 Å². The van der Waals surface area contributed by atoms with Gasteiger partial charge in [-0.2, -0.15) is 10.1 Å². The summed E-state index contributed by atoms with van der Waals surface area (Å²) in [5.74, 6) is 1.51. The van der Waals surface area contributed by atoms with Gasteiger partial charge >= 0.3 is 0 Å². The third-order valence-corrected chi connectivity index (χ3v) is 5.59. The van der Waals surface area contributed by atoms with E-state index in [-0.39, 0.29) is 0 Å². The zero-order valence-electron chi connectivity index (χ0n) is 14.4. The maximum Gasteiger partial charge on any atom is 0.229 e. The summed E-state index contributed by atoms with van der Waals surface area (Å²) in [6.07, 6.45) is 1.51. The van der Waals surface area contributed by atoms with Crippen LogP contribution in [0.2, 0.25) is 0 Å². The normalized spacial score (nSPS) is 11.1. The van der Waals surface area contributed by atoms with Gasteiger partial charge < -0.3 is 4.74 Å². The van der Waals surface area contributed by atoms with E-state index in [2.05, 4.69) is 49.5 Å². The second kappa shape index (κ2) is 6.69. The van der Waals surface area contributed by atoms with Crippen LogP contribution in [0, 0.1) is 13.8 Å². The molecule has 6 nitrogen and oxygen atoms in total. The molecule has 0 aliphatic heterocycles. The largest absolute Gasteiger partial charge is 0.496 e. The highest BCUT2D eigenvalue weighted by atomic mass is 79.9. The molecule has 3 aromatic heterocycles. The first-order valence-corrected chi connectivity index (χ1v) is 9.60. The number of nitrogens with one attached hydrogen (secondary N) is 1. The Bertz CT molecular complexity index is 1070. The number of aryl methyl sites for hydroxylation is 1. The molecule has 0 bridgehead atoms. The molecule has 0 spiro atoms. The average molecular weight is 430 g/mol. The summed E-state index contributed by atoms with van der Waals surface area (Å²) in [4.78, 5) is 9.11. The fourth-order valence-electron chi connectivity index (χ4n) is 3.02. The number of benzene rings is 1. The van der Waals surface area contributed by atoms with Crippen molar-refractivity contribution in [3.05, 3.63) is 51.8 Å². The monoisotopic (exact) mass is 429 g/mol. The maximum atomic E-state index is 5.49. The van der Waals surface area contributed by atoms with Gasteiger partial charge in [0.1, 0.15) is 17.1 Å². The lowest BCUT2D eigenvalue weighted by Crippen LogP contribution is -2.01. The summed E-state index contributed by atoms with van der Waals surface area (Å²) in [6, 6.07) is 8.05. The minimum Gasteiger partial charge on any atom is -0.496 e. The number of nitrogens with zero attached hydrogens (tertiary/aromatic N) is 4. The number of hydrogen-bond acceptors (Lipinski definition) is 5. The quantitative estimate of drug-likeness (QED) is 0.506. The zero-order valence-corrected chi connectivity index (χ0v) is 16.8. The van der Waals surface area contributed by atoms with Gasteiger partial charge in [-0.1, -0.05) is 15.9 Å². The van der Waals surface area contributed by atoms with E-state index >= 15 is 0 Å². The number of hydrogen-bond donors (Lipinski definition) is 1. The average Bonchev–Trinajstić information content (AvgIpc) is 3.35. The van der Waals surface area contributed by atoms with Gasteiger partial charge in [-0.3, -0.25) is 4.57 Å². The minimum atomic E-state index is 0.704.